The minimum atomic E-state index is 0.430. The van der Waals surface area contributed by atoms with Gasteiger partial charge in [0.15, 0.2) is 0 Å². The highest BCUT2D eigenvalue weighted by atomic mass is 16.5. The van der Waals surface area contributed by atoms with Gasteiger partial charge in [-0.1, -0.05) is 64.2 Å². The molecule has 6 aliphatic heterocycles. The predicted octanol–water partition coefficient (Wildman–Crippen LogP) is 6.12. The lowest BCUT2D eigenvalue weighted by atomic mass is 9.93. The zero-order valence-electron chi connectivity index (χ0n) is 20.6. The monoisotopic (exact) mass is 436 g/mol. The third kappa shape index (κ3) is 10.5. The SMILES string of the molecule is CC1NC2CCCCCCCCOC3CC[C@@H](CCCCCCCCO[C@H]1CC2)NC3. The van der Waals surface area contributed by atoms with Crippen LogP contribution in [0.1, 0.15) is 122 Å². The summed E-state index contributed by atoms with van der Waals surface area (Å²) in [5.41, 5.74) is 0. The summed E-state index contributed by atoms with van der Waals surface area (Å²) in [5, 5.41) is 7.60. The molecule has 2 N–H and O–H groups in total. The van der Waals surface area contributed by atoms with Crippen molar-refractivity contribution >= 4 is 0 Å². The number of rotatable bonds is 0. The molecular weight excluding hydrogens is 384 g/mol. The Morgan fingerprint density at radius 3 is 1.77 bits per heavy atom. The molecule has 0 spiro atoms. The fraction of sp³-hybridized carbons (Fsp3) is 1.00. The van der Waals surface area contributed by atoms with Crippen molar-refractivity contribution in [2.45, 2.75) is 153 Å². The second-order valence-corrected chi connectivity index (χ2v) is 10.6. The van der Waals surface area contributed by atoms with Crippen molar-refractivity contribution < 1.29 is 9.47 Å². The summed E-state index contributed by atoms with van der Waals surface area (Å²) in [4.78, 5) is 0. The molecule has 3 unspecified atom stereocenters. The first kappa shape index (κ1) is 25.5. The van der Waals surface area contributed by atoms with Gasteiger partial charge in [0.05, 0.1) is 12.2 Å². The molecule has 6 aliphatic rings. The first-order valence-electron chi connectivity index (χ1n) is 14.0. The fourth-order valence-electron chi connectivity index (χ4n) is 5.80. The Labute approximate surface area is 193 Å². The molecule has 0 radical (unpaired) electrons. The minimum absolute atomic E-state index is 0.430. The standard InChI is InChI=1S/C27H52N2O2/c1-23-27-19-17-25(29-23)15-11-7-3-4-8-12-20-30-26-18-16-24(28-22-26)14-10-6-2-5-9-13-21-31-27/h23-29H,2-22H2,1H3/t23?,24-,25?,26?,27+/m1/s1. The first-order valence-corrected chi connectivity index (χ1v) is 14.0. The van der Waals surface area contributed by atoms with Crippen molar-refractivity contribution in [3.05, 3.63) is 0 Å². The number of hydrogen-bond donors (Lipinski definition) is 2. The van der Waals surface area contributed by atoms with Crippen LogP contribution in [0.2, 0.25) is 0 Å². The van der Waals surface area contributed by atoms with E-state index in [1.807, 2.05) is 0 Å². The normalized spacial score (nSPS) is 36.9. The summed E-state index contributed by atoms with van der Waals surface area (Å²) in [7, 11) is 0. The number of ether oxygens (including phenoxy) is 2. The summed E-state index contributed by atoms with van der Waals surface area (Å²) < 4.78 is 12.4. The van der Waals surface area contributed by atoms with Crippen LogP contribution in [0.5, 0.6) is 0 Å². The molecule has 6 heterocycles. The molecule has 0 saturated carbocycles. The van der Waals surface area contributed by atoms with Gasteiger partial charge in [0.1, 0.15) is 0 Å². The van der Waals surface area contributed by atoms with Crippen molar-refractivity contribution in [2.75, 3.05) is 19.8 Å². The molecule has 0 amide bonds. The third-order valence-corrected chi connectivity index (χ3v) is 7.91. The van der Waals surface area contributed by atoms with E-state index >= 15 is 0 Å². The summed E-state index contributed by atoms with van der Waals surface area (Å²) in [6, 6.07) is 1.96. The summed E-state index contributed by atoms with van der Waals surface area (Å²) >= 11 is 0. The van der Waals surface area contributed by atoms with Crippen molar-refractivity contribution in [3.8, 4) is 0 Å². The van der Waals surface area contributed by atoms with Gasteiger partial charge in [0.25, 0.3) is 0 Å². The molecule has 0 aromatic carbocycles. The number of piperidine rings is 2. The zero-order chi connectivity index (χ0) is 21.6. The largest absolute Gasteiger partial charge is 0.377 e. The van der Waals surface area contributed by atoms with E-state index in [4.69, 9.17) is 9.47 Å². The highest BCUT2D eigenvalue weighted by Gasteiger charge is 2.27. The second-order valence-electron chi connectivity index (χ2n) is 10.6. The topological polar surface area (TPSA) is 42.5 Å². The molecule has 4 nitrogen and oxygen atoms in total. The van der Waals surface area contributed by atoms with E-state index in [-0.39, 0.29) is 0 Å². The first-order chi connectivity index (χ1) is 15.3. The molecule has 6 rings (SSSR count). The quantitative estimate of drug-likeness (QED) is 0.480. The Morgan fingerprint density at radius 2 is 1.13 bits per heavy atom. The van der Waals surface area contributed by atoms with Gasteiger partial charge in [-0.15, -0.1) is 0 Å². The molecule has 182 valence electrons. The Kier molecular flexibility index (Phi) is 12.8. The Bertz CT molecular complexity index is 439. The Hall–Kier alpha value is -0.160. The van der Waals surface area contributed by atoms with E-state index in [9.17, 15) is 0 Å². The Morgan fingerprint density at radius 1 is 0.548 bits per heavy atom. The molecule has 6 saturated heterocycles. The molecule has 4 heteroatoms. The van der Waals surface area contributed by atoms with Crippen LogP contribution >= 0.6 is 0 Å². The van der Waals surface area contributed by atoms with Gasteiger partial charge < -0.3 is 20.1 Å². The third-order valence-electron chi connectivity index (χ3n) is 7.91. The molecule has 31 heavy (non-hydrogen) atoms. The van der Waals surface area contributed by atoms with E-state index < -0.39 is 0 Å². The van der Waals surface area contributed by atoms with Crippen LogP contribution in [-0.4, -0.2) is 50.1 Å². The highest BCUT2D eigenvalue weighted by Crippen LogP contribution is 2.22. The van der Waals surface area contributed by atoms with E-state index in [0.717, 1.165) is 25.8 Å². The molecule has 6 fully saturated rings. The number of nitrogens with one attached hydrogen (secondary N) is 2. The van der Waals surface area contributed by atoms with Gasteiger partial charge in [0.2, 0.25) is 0 Å². The fourth-order valence-corrected chi connectivity index (χ4v) is 5.80. The highest BCUT2D eigenvalue weighted by molar-refractivity contribution is 4.85. The molecule has 0 aromatic rings. The van der Waals surface area contributed by atoms with Gasteiger partial charge >= 0.3 is 0 Å². The van der Waals surface area contributed by atoms with Crippen molar-refractivity contribution in [2.24, 2.45) is 0 Å². The average molecular weight is 437 g/mol. The van der Waals surface area contributed by atoms with Crippen LogP contribution in [0.15, 0.2) is 0 Å². The lowest BCUT2D eigenvalue weighted by molar-refractivity contribution is 0.00122. The maximum absolute atomic E-state index is 6.25. The van der Waals surface area contributed by atoms with E-state index in [1.165, 1.54) is 116 Å². The van der Waals surface area contributed by atoms with Crippen LogP contribution in [0.3, 0.4) is 0 Å². The van der Waals surface area contributed by atoms with Gasteiger partial charge in [-0.2, -0.15) is 0 Å². The van der Waals surface area contributed by atoms with Crippen molar-refractivity contribution in [1.29, 1.82) is 0 Å². The lowest BCUT2D eigenvalue weighted by Crippen LogP contribution is -2.49. The molecule has 0 aliphatic carbocycles. The van der Waals surface area contributed by atoms with Crippen LogP contribution < -0.4 is 10.6 Å². The molecule has 4 bridgehead atoms. The summed E-state index contributed by atoms with van der Waals surface area (Å²) in [5.74, 6) is 0. The van der Waals surface area contributed by atoms with E-state index in [0.29, 0.717) is 24.3 Å². The maximum Gasteiger partial charge on any atom is 0.0725 e. The van der Waals surface area contributed by atoms with Crippen molar-refractivity contribution in [1.82, 2.24) is 10.6 Å². The minimum Gasteiger partial charge on any atom is -0.377 e. The van der Waals surface area contributed by atoms with Crippen LogP contribution in [-0.2, 0) is 9.47 Å². The van der Waals surface area contributed by atoms with Crippen LogP contribution in [0.4, 0.5) is 0 Å². The van der Waals surface area contributed by atoms with Gasteiger partial charge in [-0.3, -0.25) is 0 Å². The maximum atomic E-state index is 6.25. The summed E-state index contributed by atoms with van der Waals surface area (Å²) in [6.45, 7) is 5.31. The smallest absolute Gasteiger partial charge is 0.0725 e. The van der Waals surface area contributed by atoms with E-state index in [1.54, 1.807) is 0 Å². The second kappa shape index (κ2) is 15.6. The van der Waals surface area contributed by atoms with Crippen LogP contribution in [0, 0.1) is 0 Å². The molecular formula is C27H52N2O2. The van der Waals surface area contributed by atoms with E-state index in [2.05, 4.69) is 17.6 Å². The zero-order valence-corrected chi connectivity index (χ0v) is 20.6. The van der Waals surface area contributed by atoms with Crippen LogP contribution in [0.25, 0.3) is 0 Å². The predicted molar refractivity (Wildman–Crippen MR) is 131 cm³/mol. The lowest BCUT2D eigenvalue weighted by Gasteiger charge is -2.35. The molecule has 0 aromatic heterocycles. The average Bonchev–Trinajstić information content (AvgIpc) is 2.78. The Balaban J connectivity index is 1.34. The molecule has 5 atom stereocenters. The summed E-state index contributed by atoms with van der Waals surface area (Å²) in [6.07, 6.45) is 24.9. The number of hydrogen-bond acceptors (Lipinski definition) is 4. The van der Waals surface area contributed by atoms with Gasteiger partial charge in [-0.05, 0) is 58.3 Å². The van der Waals surface area contributed by atoms with Crippen molar-refractivity contribution in [3.63, 3.8) is 0 Å². The van der Waals surface area contributed by atoms with Gasteiger partial charge in [-0.25, -0.2) is 0 Å². The van der Waals surface area contributed by atoms with Gasteiger partial charge in [0, 0.05) is 37.9 Å².